The number of hydrogen-bond donors (Lipinski definition) is 2. The number of hydrogen-bond acceptors (Lipinski definition) is 4. The van der Waals surface area contributed by atoms with Gasteiger partial charge in [0.1, 0.15) is 5.82 Å². The van der Waals surface area contributed by atoms with Crippen molar-refractivity contribution in [1.29, 1.82) is 0 Å². The molecule has 0 bridgehead atoms. The number of imidazole rings is 1. The zero-order valence-corrected chi connectivity index (χ0v) is 17.4. The van der Waals surface area contributed by atoms with E-state index in [9.17, 15) is 0 Å². The SMILES string of the molecule is Cc1cccc(-c2ncc(CN[C@@H](c3nc4ccc(C)cc4[nH]3)C(C)C)cn2)c1. The summed E-state index contributed by atoms with van der Waals surface area (Å²) < 4.78 is 0. The summed E-state index contributed by atoms with van der Waals surface area (Å²) in [5.41, 5.74) is 6.62. The monoisotopic (exact) mass is 385 g/mol. The topological polar surface area (TPSA) is 66.5 Å². The Kier molecular flexibility index (Phi) is 5.41. The number of nitrogens with zero attached hydrogens (tertiary/aromatic N) is 3. The molecule has 0 spiro atoms. The third-order valence-electron chi connectivity index (χ3n) is 5.12. The lowest BCUT2D eigenvalue weighted by molar-refractivity contribution is 0.395. The third kappa shape index (κ3) is 4.35. The van der Waals surface area contributed by atoms with Gasteiger partial charge in [-0.3, -0.25) is 0 Å². The standard InChI is InChI=1S/C24H27N5/c1-15(2)22(24-28-20-9-8-17(4)11-21(20)29-24)25-12-18-13-26-23(27-14-18)19-7-5-6-16(3)10-19/h5-11,13-15,22,25H,12H2,1-4H3,(H,28,29)/t22-/m1/s1. The summed E-state index contributed by atoms with van der Waals surface area (Å²) in [4.78, 5) is 17.4. The first-order valence-corrected chi connectivity index (χ1v) is 10.1. The van der Waals surface area contributed by atoms with Crippen LogP contribution in [0.15, 0.2) is 54.9 Å². The molecular formula is C24H27N5. The molecule has 2 heterocycles. The molecule has 4 aromatic rings. The Bertz CT molecular complexity index is 1110. The van der Waals surface area contributed by atoms with Crippen molar-refractivity contribution in [3.8, 4) is 11.4 Å². The highest BCUT2D eigenvalue weighted by Gasteiger charge is 2.19. The van der Waals surface area contributed by atoms with Crippen LogP contribution in [-0.4, -0.2) is 19.9 Å². The van der Waals surface area contributed by atoms with E-state index < -0.39 is 0 Å². The second kappa shape index (κ2) is 8.13. The predicted octanol–water partition coefficient (Wildman–Crippen LogP) is 5.12. The first kappa shape index (κ1) is 19.3. The van der Waals surface area contributed by atoms with Crippen LogP contribution in [0.4, 0.5) is 0 Å². The highest BCUT2D eigenvalue weighted by Crippen LogP contribution is 2.23. The summed E-state index contributed by atoms with van der Waals surface area (Å²) in [6.45, 7) is 9.26. The van der Waals surface area contributed by atoms with E-state index in [-0.39, 0.29) is 6.04 Å². The van der Waals surface area contributed by atoms with Gasteiger partial charge in [-0.1, -0.05) is 43.7 Å². The Morgan fingerprint density at radius 3 is 2.45 bits per heavy atom. The molecule has 0 aliphatic heterocycles. The van der Waals surface area contributed by atoms with E-state index in [0.717, 1.165) is 33.8 Å². The van der Waals surface area contributed by atoms with Gasteiger partial charge >= 0.3 is 0 Å². The number of benzene rings is 2. The zero-order chi connectivity index (χ0) is 20.4. The van der Waals surface area contributed by atoms with Gasteiger partial charge in [0.2, 0.25) is 0 Å². The third-order valence-corrected chi connectivity index (χ3v) is 5.12. The molecule has 0 saturated carbocycles. The molecule has 0 amide bonds. The summed E-state index contributed by atoms with van der Waals surface area (Å²) >= 11 is 0. The summed E-state index contributed by atoms with van der Waals surface area (Å²) in [5, 5.41) is 3.62. The van der Waals surface area contributed by atoms with Crippen molar-refractivity contribution in [3.63, 3.8) is 0 Å². The number of rotatable bonds is 6. The lowest BCUT2D eigenvalue weighted by Crippen LogP contribution is -2.26. The Labute approximate surface area is 171 Å². The number of aryl methyl sites for hydroxylation is 2. The van der Waals surface area contributed by atoms with Crippen LogP contribution in [0.2, 0.25) is 0 Å². The molecule has 2 aromatic carbocycles. The van der Waals surface area contributed by atoms with Crippen LogP contribution in [0.1, 0.15) is 42.4 Å². The van der Waals surface area contributed by atoms with Gasteiger partial charge in [0, 0.05) is 30.1 Å². The quantitative estimate of drug-likeness (QED) is 0.483. The van der Waals surface area contributed by atoms with Crippen LogP contribution in [-0.2, 0) is 6.54 Å². The fourth-order valence-corrected chi connectivity index (χ4v) is 3.55. The molecule has 2 aromatic heterocycles. The zero-order valence-electron chi connectivity index (χ0n) is 17.4. The van der Waals surface area contributed by atoms with Crippen LogP contribution in [0, 0.1) is 19.8 Å². The van der Waals surface area contributed by atoms with Crippen molar-refractivity contribution in [2.75, 3.05) is 0 Å². The number of fused-ring (bicyclic) bond motifs is 1. The Morgan fingerprint density at radius 1 is 0.966 bits per heavy atom. The van der Waals surface area contributed by atoms with E-state index in [2.05, 4.69) is 78.3 Å². The molecular weight excluding hydrogens is 358 g/mol. The van der Waals surface area contributed by atoms with Gasteiger partial charge < -0.3 is 10.3 Å². The maximum absolute atomic E-state index is 4.80. The smallest absolute Gasteiger partial charge is 0.159 e. The maximum Gasteiger partial charge on any atom is 0.159 e. The van der Waals surface area contributed by atoms with Gasteiger partial charge in [-0.25, -0.2) is 15.0 Å². The molecule has 29 heavy (non-hydrogen) atoms. The van der Waals surface area contributed by atoms with Gasteiger partial charge in [-0.05, 0) is 43.5 Å². The van der Waals surface area contributed by atoms with Crippen molar-refractivity contribution < 1.29 is 0 Å². The molecule has 2 N–H and O–H groups in total. The lowest BCUT2D eigenvalue weighted by Gasteiger charge is -2.20. The van der Waals surface area contributed by atoms with Crippen LogP contribution < -0.4 is 5.32 Å². The molecule has 0 saturated heterocycles. The Hall–Kier alpha value is -3.05. The molecule has 0 aliphatic carbocycles. The minimum atomic E-state index is 0.124. The molecule has 0 radical (unpaired) electrons. The predicted molar refractivity (Wildman–Crippen MR) is 117 cm³/mol. The van der Waals surface area contributed by atoms with Gasteiger partial charge in [-0.15, -0.1) is 0 Å². The second-order valence-electron chi connectivity index (χ2n) is 8.03. The summed E-state index contributed by atoms with van der Waals surface area (Å²) in [5.74, 6) is 2.12. The second-order valence-corrected chi connectivity index (χ2v) is 8.03. The molecule has 4 rings (SSSR count). The number of aromatic amines is 1. The number of aromatic nitrogens is 4. The normalized spacial score (nSPS) is 12.6. The highest BCUT2D eigenvalue weighted by molar-refractivity contribution is 5.75. The average Bonchev–Trinajstić information content (AvgIpc) is 3.11. The van der Waals surface area contributed by atoms with E-state index in [1.807, 2.05) is 24.5 Å². The summed E-state index contributed by atoms with van der Waals surface area (Å²) in [6.07, 6.45) is 3.80. The minimum absolute atomic E-state index is 0.124. The van der Waals surface area contributed by atoms with Crippen LogP contribution in [0.25, 0.3) is 22.4 Å². The molecule has 0 fully saturated rings. The Balaban J connectivity index is 1.49. The van der Waals surface area contributed by atoms with Gasteiger partial charge in [0.05, 0.1) is 17.1 Å². The first-order valence-electron chi connectivity index (χ1n) is 10.1. The average molecular weight is 386 g/mol. The first-order chi connectivity index (χ1) is 14.0. The molecule has 0 unspecified atom stereocenters. The van der Waals surface area contributed by atoms with Crippen LogP contribution in [0.5, 0.6) is 0 Å². The van der Waals surface area contributed by atoms with Crippen molar-refractivity contribution in [1.82, 2.24) is 25.3 Å². The molecule has 5 nitrogen and oxygen atoms in total. The fourth-order valence-electron chi connectivity index (χ4n) is 3.55. The molecule has 5 heteroatoms. The van der Waals surface area contributed by atoms with Crippen LogP contribution in [0.3, 0.4) is 0 Å². The van der Waals surface area contributed by atoms with Crippen LogP contribution >= 0.6 is 0 Å². The maximum atomic E-state index is 4.80. The van der Waals surface area contributed by atoms with E-state index in [0.29, 0.717) is 12.5 Å². The van der Waals surface area contributed by atoms with Crippen molar-refractivity contribution >= 4 is 11.0 Å². The Morgan fingerprint density at radius 2 is 1.72 bits per heavy atom. The van der Waals surface area contributed by atoms with E-state index >= 15 is 0 Å². The molecule has 1 atom stereocenters. The van der Waals surface area contributed by atoms with Crippen molar-refractivity contribution in [2.45, 2.75) is 40.3 Å². The van der Waals surface area contributed by atoms with Gasteiger partial charge in [0.25, 0.3) is 0 Å². The van der Waals surface area contributed by atoms with Gasteiger partial charge in [0.15, 0.2) is 5.82 Å². The van der Waals surface area contributed by atoms with E-state index in [1.54, 1.807) is 0 Å². The number of nitrogens with one attached hydrogen (secondary N) is 2. The van der Waals surface area contributed by atoms with Gasteiger partial charge in [-0.2, -0.15) is 0 Å². The summed E-state index contributed by atoms with van der Waals surface area (Å²) in [7, 11) is 0. The molecule has 148 valence electrons. The van der Waals surface area contributed by atoms with E-state index in [1.165, 1.54) is 11.1 Å². The fraction of sp³-hybridized carbons (Fsp3) is 0.292. The minimum Gasteiger partial charge on any atom is -0.341 e. The van der Waals surface area contributed by atoms with E-state index in [4.69, 9.17) is 4.98 Å². The highest BCUT2D eigenvalue weighted by atomic mass is 15.0. The van der Waals surface area contributed by atoms with Crippen molar-refractivity contribution in [2.24, 2.45) is 5.92 Å². The summed E-state index contributed by atoms with van der Waals surface area (Å²) in [6, 6.07) is 14.7. The molecule has 0 aliphatic rings. The number of H-pyrrole nitrogens is 1. The largest absolute Gasteiger partial charge is 0.341 e. The van der Waals surface area contributed by atoms with Crippen molar-refractivity contribution in [3.05, 3.63) is 77.4 Å². The lowest BCUT2D eigenvalue weighted by atomic mass is 10.0.